The first-order valence-corrected chi connectivity index (χ1v) is 31.8. The van der Waals surface area contributed by atoms with Crippen LogP contribution in [0.25, 0.3) is 6.08 Å². The Morgan fingerprint density at radius 2 is 0.918 bits per heavy atom. The summed E-state index contributed by atoms with van der Waals surface area (Å²) >= 11 is 0. The second-order valence-electron chi connectivity index (χ2n) is 16.7. The molecule has 0 aliphatic heterocycles. The number of aliphatic hydroxyl groups is 1. The third kappa shape index (κ3) is 21.3. The molecule has 0 fully saturated rings. The second kappa shape index (κ2) is 35.4. The molecule has 3 aromatic carbocycles. The number of aromatic nitrogens is 3. The highest BCUT2D eigenvalue weighted by Gasteiger charge is 2.23. The first-order valence-electron chi connectivity index (χ1n) is 25.8. The maximum Gasteiger partial charge on any atom is 0.334 e. The van der Waals surface area contributed by atoms with Gasteiger partial charge in [0.15, 0.2) is 40.8 Å². The van der Waals surface area contributed by atoms with Gasteiger partial charge < -0.3 is 52.0 Å². The summed E-state index contributed by atoms with van der Waals surface area (Å²) in [5.41, 5.74) is 1.81. The lowest BCUT2D eigenvalue weighted by molar-refractivity contribution is -0.138. The molecule has 0 bridgehead atoms. The molecule has 0 spiro atoms. The molecule has 0 saturated heterocycles. The van der Waals surface area contributed by atoms with Gasteiger partial charge in [0, 0.05) is 79.7 Å². The molecule has 0 saturated carbocycles. The summed E-state index contributed by atoms with van der Waals surface area (Å²) in [6, 6.07) is 18.0. The molecule has 85 heavy (non-hydrogen) atoms. The lowest BCUT2D eigenvalue weighted by Gasteiger charge is -2.14. The minimum Gasteiger partial charge on any atom is -0.493 e. The summed E-state index contributed by atoms with van der Waals surface area (Å²) < 4.78 is 141. The minimum absolute atomic E-state index is 0.0446. The lowest BCUT2D eigenvalue weighted by Crippen LogP contribution is -2.11. The molecule has 464 valence electrons. The predicted molar refractivity (Wildman–Crippen MR) is 317 cm³/mol. The highest BCUT2D eigenvalue weighted by Crippen LogP contribution is 2.48. The Labute approximate surface area is 496 Å². The van der Waals surface area contributed by atoms with Crippen LogP contribution >= 0.6 is 7.60 Å². The third-order valence-electron chi connectivity index (χ3n) is 11.1. The summed E-state index contributed by atoms with van der Waals surface area (Å²) in [4.78, 5) is 33.0. The van der Waals surface area contributed by atoms with E-state index >= 15 is 0 Å². The van der Waals surface area contributed by atoms with Gasteiger partial charge in [0.1, 0.15) is 0 Å². The average molecular weight is 1260 g/mol. The highest BCUT2D eigenvalue weighted by atomic mass is 32.2. The quantitative estimate of drug-likeness (QED) is 0.0158. The van der Waals surface area contributed by atoms with Gasteiger partial charge in [0.25, 0.3) is 30.1 Å². The number of nitrogens with zero attached hydrogens (tertiary/aromatic N) is 3. The number of hydrogen-bond acceptors (Lipinski definition) is 21. The van der Waals surface area contributed by atoms with Gasteiger partial charge in [-0.25, -0.2) is 46.8 Å². The molecule has 3 aromatic heterocycles. The number of benzene rings is 3. The number of ether oxygens (including phenoxy) is 8. The lowest BCUT2D eigenvalue weighted by atomic mass is 10.2. The predicted octanol–water partition coefficient (Wildman–Crippen LogP) is 8.47. The SMILES string of the molecule is CCOC(=O)/C=C/CP(=O)(OCC)OCC.CCOC(=O)C=CC=Cc1ccn(S(=O)(=O)c2ccc(OC)c(OC)c2)c1.COc1ccc(S(=O)(=O)n2ccc(C=O)c2)cc1OC.COc1ccc(S(=O)(=O)n2ccc(CCCO)c2)cc1OC. The third-order valence-corrected chi connectivity index (χ3v) is 18.0. The Morgan fingerprint density at radius 3 is 1.31 bits per heavy atom. The number of hydrogen-bond donors (Lipinski definition) is 1. The summed E-state index contributed by atoms with van der Waals surface area (Å²) in [5.74, 6) is 1.46. The monoisotopic (exact) mass is 1260 g/mol. The zero-order valence-electron chi connectivity index (χ0n) is 48.7. The van der Waals surface area contributed by atoms with E-state index in [1.807, 2.05) is 0 Å². The van der Waals surface area contributed by atoms with E-state index in [1.54, 1.807) is 64.2 Å². The van der Waals surface area contributed by atoms with Crippen molar-refractivity contribution in [1.82, 2.24) is 11.9 Å². The fourth-order valence-electron chi connectivity index (χ4n) is 7.04. The van der Waals surface area contributed by atoms with Gasteiger partial charge in [-0.15, -0.1) is 0 Å². The van der Waals surface area contributed by atoms with Crippen LogP contribution in [0.5, 0.6) is 34.5 Å². The van der Waals surface area contributed by atoms with E-state index in [1.165, 1.54) is 157 Å². The molecule has 28 heteroatoms. The first kappa shape index (κ1) is 71.4. The van der Waals surface area contributed by atoms with Crippen molar-refractivity contribution in [3.8, 4) is 34.5 Å². The van der Waals surface area contributed by atoms with Crippen LogP contribution in [0.1, 0.15) is 55.6 Å². The summed E-state index contributed by atoms with van der Waals surface area (Å²) in [6.07, 6.45) is 19.2. The molecular weight excluding hydrogens is 1190 g/mol. The zero-order valence-corrected chi connectivity index (χ0v) is 52.1. The van der Waals surface area contributed by atoms with Crippen LogP contribution in [-0.4, -0.2) is 142 Å². The van der Waals surface area contributed by atoms with Crippen LogP contribution in [0.3, 0.4) is 0 Å². The topological polar surface area (TPSA) is 298 Å². The average Bonchev–Trinajstić information content (AvgIpc) is 3.08. The first-order chi connectivity index (χ1) is 40.5. The number of aldehydes is 1. The minimum atomic E-state index is -3.77. The fraction of sp³-hybridized carbons (Fsp3) is 0.316. The molecule has 3 heterocycles. The molecule has 0 unspecified atom stereocenters. The van der Waals surface area contributed by atoms with E-state index in [2.05, 4.69) is 4.74 Å². The van der Waals surface area contributed by atoms with Crippen molar-refractivity contribution in [3.63, 3.8) is 0 Å². The van der Waals surface area contributed by atoms with Crippen LogP contribution in [-0.2, 0) is 69.2 Å². The Morgan fingerprint density at radius 1 is 0.518 bits per heavy atom. The Kier molecular flexibility index (Phi) is 29.7. The molecule has 6 aromatic rings. The number of methoxy groups -OCH3 is 6. The van der Waals surface area contributed by atoms with Crippen molar-refractivity contribution < 1.29 is 96.3 Å². The maximum absolute atomic E-state index is 12.8. The number of allylic oxidation sites excluding steroid dienone is 3. The smallest absolute Gasteiger partial charge is 0.334 e. The second-order valence-corrected chi connectivity index (χ2v) is 24.3. The van der Waals surface area contributed by atoms with Crippen LogP contribution in [0.4, 0.5) is 0 Å². The van der Waals surface area contributed by atoms with E-state index in [0.29, 0.717) is 85.6 Å². The van der Waals surface area contributed by atoms with Crippen molar-refractivity contribution in [1.29, 1.82) is 0 Å². The molecule has 24 nitrogen and oxygen atoms in total. The molecule has 0 amide bonds. The van der Waals surface area contributed by atoms with E-state index in [0.717, 1.165) is 13.5 Å². The van der Waals surface area contributed by atoms with Crippen molar-refractivity contribution in [2.45, 2.75) is 55.2 Å². The van der Waals surface area contributed by atoms with Crippen LogP contribution < -0.4 is 28.4 Å². The van der Waals surface area contributed by atoms with E-state index in [9.17, 15) is 44.2 Å². The Balaban J connectivity index is 0.000000302. The number of carbonyl (C=O) groups is 3. The molecule has 0 radical (unpaired) electrons. The van der Waals surface area contributed by atoms with Crippen LogP contribution in [0.2, 0.25) is 0 Å². The van der Waals surface area contributed by atoms with E-state index in [4.69, 9.17) is 47.3 Å². The van der Waals surface area contributed by atoms with Crippen LogP contribution in [0.15, 0.2) is 155 Å². The number of rotatable bonds is 28. The van der Waals surface area contributed by atoms with E-state index < -0.39 is 49.6 Å². The van der Waals surface area contributed by atoms with Crippen molar-refractivity contribution >= 4 is 62.0 Å². The molecular formula is C57H72N3O21PS3. The van der Waals surface area contributed by atoms with Gasteiger partial charge in [-0.3, -0.25) is 9.36 Å². The van der Waals surface area contributed by atoms with Gasteiger partial charge in [0.2, 0.25) is 0 Å². The van der Waals surface area contributed by atoms with Crippen molar-refractivity contribution in [2.75, 3.05) is 81.9 Å². The molecule has 0 aliphatic rings. The normalized spacial score (nSPS) is 11.6. The molecule has 1 N–H and O–H groups in total. The molecule has 6 rings (SSSR count). The maximum atomic E-state index is 12.8. The van der Waals surface area contributed by atoms with Crippen molar-refractivity contribution in [3.05, 3.63) is 157 Å². The number of aliphatic hydroxyl groups excluding tert-OH is 1. The van der Waals surface area contributed by atoms with Gasteiger partial charge in [0.05, 0.1) is 89.9 Å². The molecule has 0 aliphatic carbocycles. The Hall–Kier alpha value is -7.91. The largest absolute Gasteiger partial charge is 0.493 e. The van der Waals surface area contributed by atoms with Crippen LogP contribution in [0, 0.1) is 0 Å². The van der Waals surface area contributed by atoms with Gasteiger partial charge in [-0.1, -0.05) is 24.3 Å². The molecule has 0 atom stereocenters. The summed E-state index contributed by atoms with van der Waals surface area (Å²) in [5, 5.41) is 8.83. The highest BCUT2D eigenvalue weighted by molar-refractivity contribution is 7.90. The van der Waals surface area contributed by atoms with Gasteiger partial charge >= 0.3 is 19.5 Å². The van der Waals surface area contributed by atoms with E-state index in [-0.39, 0.29) is 33.0 Å². The Bertz CT molecular complexity index is 3590. The number of aryl methyl sites for hydroxylation is 1. The fourth-order valence-corrected chi connectivity index (χ4v) is 12.2. The van der Waals surface area contributed by atoms with Gasteiger partial charge in [-0.2, -0.15) is 0 Å². The van der Waals surface area contributed by atoms with Gasteiger partial charge in [-0.05, 0) is 106 Å². The standard InChI is InChI=1S/C19H21NO6S.C15H19NO5S.C13H13NO5S.C10H19O5P/c1-4-26-19(21)8-6-5-7-15-11-12-20(14-15)27(22,23)16-9-10-17(24-2)18(13-16)25-3;1-20-14-6-5-13(10-15(14)21-2)22(18,19)16-8-7-12(11-16)4-3-9-17;1-18-12-4-3-11(7-13(12)19-2)20(16,17)14-6-5-10(8-14)9-15;1-4-13-10(11)8-7-9-16(12,14-5-2)15-6-3/h5-14H,4H2,1-3H3;5-8,10-11,17H,3-4,9H2,1-2H3;3-9H,1-2H3;7-8H,4-6,9H2,1-3H3/b;;;8-7+. The number of carbonyl (C=O) groups excluding carboxylic acids is 3. The summed E-state index contributed by atoms with van der Waals surface area (Å²) in [6.45, 7) is 8.24. The van der Waals surface area contributed by atoms with Crippen molar-refractivity contribution in [2.24, 2.45) is 0 Å². The number of esters is 2. The zero-order chi connectivity index (χ0) is 63.2. The summed E-state index contributed by atoms with van der Waals surface area (Å²) in [7, 11) is -5.55.